The number of likely N-dealkylation sites (tertiary alicyclic amines) is 2. The second kappa shape index (κ2) is 6.46. The van der Waals surface area contributed by atoms with Crippen molar-refractivity contribution in [2.45, 2.75) is 45.7 Å². The van der Waals surface area contributed by atoms with Gasteiger partial charge in [0, 0.05) is 25.7 Å². The molecule has 2 heterocycles. The minimum atomic E-state index is -0.339. The Bertz CT molecular complexity index is 606. The van der Waals surface area contributed by atoms with E-state index in [-0.39, 0.29) is 29.4 Å². The lowest BCUT2D eigenvalue weighted by Gasteiger charge is -2.60. The molecule has 1 atom stereocenters. The highest BCUT2D eigenvalue weighted by molar-refractivity contribution is 5.91. The molecule has 2 saturated heterocycles. The standard InChI is InChI=1S/C19H27N3O2/c1-4-20-18(24)21-12-10-19(11-13-21)16(15-8-6-5-7-9-15)22(14(2)3)17(19)23/h5-9,14,16H,4,10-13H2,1-3H3,(H,20,24). The van der Waals surface area contributed by atoms with E-state index in [1.807, 2.05) is 34.9 Å². The normalized spacial score (nSPS) is 22.7. The van der Waals surface area contributed by atoms with Gasteiger partial charge in [-0.1, -0.05) is 30.3 Å². The van der Waals surface area contributed by atoms with Crippen molar-refractivity contribution in [2.75, 3.05) is 19.6 Å². The molecule has 0 radical (unpaired) electrons. The zero-order valence-corrected chi connectivity index (χ0v) is 14.8. The predicted octanol–water partition coefficient (Wildman–Crippen LogP) is 2.79. The van der Waals surface area contributed by atoms with Gasteiger partial charge in [0.1, 0.15) is 0 Å². The molecule has 130 valence electrons. The lowest BCUT2D eigenvalue weighted by Crippen LogP contribution is -2.68. The number of hydrogen-bond acceptors (Lipinski definition) is 2. The summed E-state index contributed by atoms with van der Waals surface area (Å²) in [6.45, 7) is 7.99. The van der Waals surface area contributed by atoms with Crippen LogP contribution in [0.3, 0.4) is 0 Å². The first-order valence-corrected chi connectivity index (χ1v) is 8.91. The van der Waals surface area contributed by atoms with Crippen LogP contribution in [0, 0.1) is 5.41 Å². The second-order valence-corrected chi connectivity index (χ2v) is 7.10. The molecular weight excluding hydrogens is 302 g/mol. The van der Waals surface area contributed by atoms with Gasteiger partial charge in [0.2, 0.25) is 5.91 Å². The molecule has 5 nitrogen and oxygen atoms in total. The third kappa shape index (κ3) is 2.56. The molecule has 2 aliphatic rings. The van der Waals surface area contributed by atoms with Gasteiger partial charge in [-0.15, -0.1) is 0 Å². The zero-order chi connectivity index (χ0) is 17.3. The highest BCUT2D eigenvalue weighted by atomic mass is 16.2. The van der Waals surface area contributed by atoms with Crippen LogP contribution in [0.1, 0.15) is 45.2 Å². The van der Waals surface area contributed by atoms with Crippen molar-refractivity contribution in [2.24, 2.45) is 5.41 Å². The van der Waals surface area contributed by atoms with Gasteiger partial charge in [-0.05, 0) is 39.2 Å². The summed E-state index contributed by atoms with van der Waals surface area (Å²) in [6, 6.07) is 10.6. The maximum atomic E-state index is 13.0. The van der Waals surface area contributed by atoms with Gasteiger partial charge in [0.05, 0.1) is 11.5 Å². The van der Waals surface area contributed by atoms with E-state index < -0.39 is 0 Å². The van der Waals surface area contributed by atoms with E-state index in [1.54, 1.807) is 0 Å². The van der Waals surface area contributed by atoms with Crippen LogP contribution in [-0.2, 0) is 4.79 Å². The third-order valence-electron chi connectivity index (χ3n) is 5.40. The van der Waals surface area contributed by atoms with E-state index in [1.165, 1.54) is 5.56 Å². The van der Waals surface area contributed by atoms with Gasteiger partial charge in [0.25, 0.3) is 0 Å². The van der Waals surface area contributed by atoms with E-state index >= 15 is 0 Å². The first-order valence-electron chi connectivity index (χ1n) is 8.91. The van der Waals surface area contributed by atoms with E-state index in [2.05, 4.69) is 31.3 Å². The van der Waals surface area contributed by atoms with E-state index in [0.29, 0.717) is 19.6 Å². The van der Waals surface area contributed by atoms with Crippen molar-refractivity contribution in [3.8, 4) is 0 Å². The number of amides is 3. The van der Waals surface area contributed by atoms with E-state index in [4.69, 9.17) is 0 Å². The third-order valence-corrected chi connectivity index (χ3v) is 5.40. The minimum absolute atomic E-state index is 0.0175. The molecule has 2 fully saturated rings. The first kappa shape index (κ1) is 16.8. The monoisotopic (exact) mass is 329 g/mol. The topological polar surface area (TPSA) is 52.7 Å². The Labute approximate surface area is 144 Å². The highest BCUT2D eigenvalue weighted by Gasteiger charge is 2.62. The summed E-state index contributed by atoms with van der Waals surface area (Å²) >= 11 is 0. The fraction of sp³-hybridized carbons (Fsp3) is 0.579. The Balaban J connectivity index is 1.82. The number of piperidine rings is 1. The fourth-order valence-electron chi connectivity index (χ4n) is 4.20. The quantitative estimate of drug-likeness (QED) is 0.867. The number of carbonyl (C=O) groups is 2. The summed E-state index contributed by atoms with van der Waals surface area (Å²) in [4.78, 5) is 28.9. The molecule has 0 aromatic heterocycles. The number of β-lactam (4-membered cyclic amide) rings is 1. The molecule has 3 rings (SSSR count). The van der Waals surface area contributed by atoms with Gasteiger partial charge in [0.15, 0.2) is 0 Å². The summed E-state index contributed by atoms with van der Waals surface area (Å²) < 4.78 is 0. The van der Waals surface area contributed by atoms with Crippen molar-refractivity contribution >= 4 is 11.9 Å². The summed E-state index contributed by atoms with van der Waals surface area (Å²) in [5, 5.41) is 2.85. The van der Waals surface area contributed by atoms with Crippen molar-refractivity contribution < 1.29 is 9.59 Å². The lowest BCUT2D eigenvalue weighted by molar-refractivity contribution is -0.184. The minimum Gasteiger partial charge on any atom is -0.338 e. The number of rotatable bonds is 3. The molecule has 24 heavy (non-hydrogen) atoms. The Kier molecular flexibility index (Phi) is 4.52. The summed E-state index contributed by atoms with van der Waals surface area (Å²) in [6.07, 6.45) is 1.48. The van der Waals surface area contributed by atoms with Crippen molar-refractivity contribution in [1.82, 2.24) is 15.1 Å². The highest BCUT2D eigenvalue weighted by Crippen LogP contribution is 2.56. The van der Waals surface area contributed by atoms with Crippen LogP contribution in [0.15, 0.2) is 30.3 Å². The lowest BCUT2D eigenvalue weighted by atomic mass is 9.62. The van der Waals surface area contributed by atoms with Gasteiger partial charge in [-0.25, -0.2) is 4.79 Å². The van der Waals surface area contributed by atoms with Gasteiger partial charge >= 0.3 is 6.03 Å². The number of nitrogens with zero attached hydrogens (tertiary/aromatic N) is 2. The van der Waals surface area contributed by atoms with Crippen LogP contribution in [-0.4, -0.2) is 47.4 Å². The average Bonchev–Trinajstić information content (AvgIpc) is 2.59. The molecule has 1 aromatic carbocycles. The van der Waals surface area contributed by atoms with Crippen LogP contribution in [0.4, 0.5) is 4.79 Å². The van der Waals surface area contributed by atoms with Crippen LogP contribution in [0.25, 0.3) is 0 Å². The predicted molar refractivity (Wildman–Crippen MR) is 93.5 cm³/mol. The Hall–Kier alpha value is -2.04. The van der Waals surface area contributed by atoms with Crippen LogP contribution in [0.5, 0.6) is 0 Å². The average molecular weight is 329 g/mol. The molecule has 1 spiro atoms. The SMILES string of the molecule is CCNC(=O)N1CCC2(CC1)C(=O)N(C(C)C)C2c1ccccc1. The molecule has 0 aliphatic carbocycles. The zero-order valence-electron chi connectivity index (χ0n) is 14.8. The fourth-order valence-corrected chi connectivity index (χ4v) is 4.20. The number of benzene rings is 1. The molecule has 0 saturated carbocycles. The van der Waals surface area contributed by atoms with Crippen LogP contribution in [0.2, 0.25) is 0 Å². The molecule has 1 aromatic rings. The molecule has 2 aliphatic heterocycles. The molecule has 1 unspecified atom stereocenters. The molecule has 3 amide bonds. The Morgan fingerprint density at radius 2 is 1.88 bits per heavy atom. The smallest absolute Gasteiger partial charge is 0.317 e. The van der Waals surface area contributed by atoms with Crippen LogP contribution >= 0.6 is 0 Å². The Morgan fingerprint density at radius 3 is 2.42 bits per heavy atom. The summed E-state index contributed by atoms with van der Waals surface area (Å²) in [5.41, 5.74) is 0.867. The van der Waals surface area contributed by atoms with E-state index in [0.717, 1.165) is 12.8 Å². The molecular formula is C19H27N3O2. The van der Waals surface area contributed by atoms with E-state index in [9.17, 15) is 9.59 Å². The number of nitrogens with one attached hydrogen (secondary N) is 1. The number of carbonyl (C=O) groups excluding carboxylic acids is 2. The van der Waals surface area contributed by atoms with Crippen molar-refractivity contribution in [1.29, 1.82) is 0 Å². The van der Waals surface area contributed by atoms with Gasteiger partial charge in [-0.2, -0.15) is 0 Å². The molecule has 5 heteroatoms. The van der Waals surface area contributed by atoms with Crippen molar-refractivity contribution in [3.05, 3.63) is 35.9 Å². The molecule has 0 bridgehead atoms. The van der Waals surface area contributed by atoms with Crippen LogP contribution < -0.4 is 5.32 Å². The second-order valence-electron chi connectivity index (χ2n) is 7.10. The summed E-state index contributed by atoms with van der Waals surface area (Å²) in [5.74, 6) is 0.252. The maximum Gasteiger partial charge on any atom is 0.317 e. The number of urea groups is 1. The van der Waals surface area contributed by atoms with Gasteiger partial charge in [-0.3, -0.25) is 4.79 Å². The summed E-state index contributed by atoms with van der Waals surface area (Å²) in [7, 11) is 0. The Morgan fingerprint density at radius 1 is 1.25 bits per heavy atom. The van der Waals surface area contributed by atoms with Gasteiger partial charge < -0.3 is 15.1 Å². The first-order chi connectivity index (χ1) is 11.5. The molecule has 1 N–H and O–H groups in total. The maximum absolute atomic E-state index is 13.0. The number of hydrogen-bond donors (Lipinski definition) is 1. The van der Waals surface area contributed by atoms with Crippen molar-refractivity contribution in [3.63, 3.8) is 0 Å². The largest absolute Gasteiger partial charge is 0.338 e.